The van der Waals surface area contributed by atoms with Crippen molar-refractivity contribution in [2.45, 2.75) is 32.1 Å². The predicted molar refractivity (Wildman–Crippen MR) is 91.7 cm³/mol. The molecule has 0 bridgehead atoms. The van der Waals surface area contributed by atoms with Crippen LogP contribution in [0.15, 0.2) is 30.6 Å². The predicted octanol–water partition coefficient (Wildman–Crippen LogP) is 2.76. The van der Waals surface area contributed by atoms with E-state index in [0.29, 0.717) is 12.4 Å². The molecule has 0 atom stereocenters. The fourth-order valence-corrected chi connectivity index (χ4v) is 3.26. The largest absolute Gasteiger partial charge is 0.251 e. The van der Waals surface area contributed by atoms with E-state index < -0.39 is 14.6 Å². The van der Waals surface area contributed by atoms with Crippen molar-refractivity contribution in [3.8, 4) is 11.4 Å². The number of rotatable bonds is 4. The summed E-state index contributed by atoms with van der Waals surface area (Å²) in [6.45, 7) is 5.44. The number of hydrogen-bond donors (Lipinski definition) is 0. The minimum atomic E-state index is -3.15. The molecule has 0 spiro atoms. The van der Waals surface area contributed by atoms with E-state index in [1.54, 1.807) is 31.8 Å². The summed E-state index contributed by atoms with van der Waals surface area (Å²) in [5.74, 6) is 0.674. The fraction of sp³-hybridized carbons (Fsp3) is 0.429. The minimum absolute atomic E-state index is 0.0611. The molecule has 1 aromatic heterocycles. The molecule has 1 aromatic carbocycles. The van der Waals surface area contributed by atoms with Crippen LogP contribution in [0.2, 0.25) is 0 Å². The third kappa shape index (κ3) is 4.03. The summed E-state index contributed by atoms with van der Waals surface area (Å²) in [5, 5.41) is 4.34. The Balaban J connectivity index is 2.12. The van der Waals surface area contributed by atoms with E-state index in [1.165, 1.54) is 0 Å². The first-order valence-electron chi connectivity index (χ1n) is 6.57. The van der Waals surface area contributed by atoms with E-state index in [-0.39, 0.29) is 5.75 Å². The van der Waals surface area contributed by atoms with E-state index in [0.717, 1.165) is 9.13 Å². The van der Waals surface area contributed by atoms with E-state index >= 15 is 0 Å². The Morgan fingerprint density at radius 2 is 2.00 bits per heavy atom. The van der Waals surface area contributed by atoms with E-state index in [2.05, 4.69) is 32.7 Å². The van der Waals surface area contributed by atoms with Gasteiger partial charge in [-0.25, -0.2) is 13.4 Å². The van der Waals surface area contributed by atoms with Gasteiger partial charge in [0.1, 0.15) is 6.33 Å². The molecule has 21 heavy (non-hydrogen) atoms. The van der Waals surface area contributed by atoms with Crippen molar-refractivity contribution in [2.24, 2.45) is 0 Å². The van der Waals surface area contributed by atoms with Gasteiger partial charge in [-0.05, 0) is 55.5 Å². The van der Waals surface area contributed by atoms with Crippen LogP contribution < -0.4 is 0 Å². The first-order valence-corrected chi connectivity index (χ1v) is 9.30. The summed E-state index contributed by atoms with van der Waals surface area (Å²) < 4.78 is 26.1. The van der Waals surface area contributed by atoms with Crippen LogP contribution in [0.5, 0.6) is 0 Å². The van der Waals surface area contributed by atoms with Crippen LogP contribution >= 0.6 is 22.6 Å². The molecule has 2 aromatic rings. The summed E-state index contributed by atoms with van der Waals surface area (Å²) in [6, 6.07) is 7.87. The van der Waals surface area contributed by atoms with Crippen molar-refractivity contribution in [2.75, 3.05) is 5.75 Å². The maximum atomic E-state index is 12.1. The molecule has 7 heteroatoms. The molecule has 0 fully saturated rings. The summed E-state index contributed by atoms with van der Waals surface area (Å²) in [4.78, 5) is 4.24. The Morgan fingerprint density at radius 3 is 2.62 bits per heavy atom. The van der Waals surface area contributed by atoms with Crippen molar-refractivity contribution in [3.63, 3.8) is 0 Å². The van der Waals surface area contributed by atoms with Gasteiger partial charge in [0.25, 0.3) is 0 Å². The van der Waals surface area contributed by atoms with E-state index in [1.807, 2.05) is 24.3 Å². The maximum absolute atomic E-state index is 12.1. The standard InChI is InChI=1S/C14H18IN3O2S/c1-14(2,3)21(19,20)8-7-18-10-16-13(17-18)11-5-4-6-12(15)9-11/h4-6,9-10H,7-8H2,1-3H3. The summed E-state index contributed by atoms with van der Waals surface area (Å²) in [7, 11) is -3.15. The van der Waals surface area contributed by atoms with Crippen LogP contribution in [0.1, 0.15) is 20.8 Å². The molecule has 0 saturated carbocycles. The SMILES string of the molecule is CC(C)(C)S(=O)(=O)CCn1cnc(-c2cccc(I)c2)n1. The molecule has 0 saturated heterocycles. The molecule has 0 aliphatic rings. The highest BCUT2D eigenvalue weighted by molar-refractivity contribution is 14.1. The third-order valence-electron chi connectivity index (χ3n) is 3.14. The Labute approximate surface area is 138 Å². The lowest BCUT2D eigenvalue weighted by atomic mass is 10.2. The smallest absolute Gasteiger partial charge is 0.181 e. The summed E-state index contributed by atoms with van der Waals surface area (Å²) in [5.41, 5.74) is 0.930. The lowest BCUT2D eigenvalue weighted by Gasteiger charge is -2.18. The number of sulfone groups is 1. The van der Waals surface area contributed by atoms with Crippen molar-refractivity contribution < 1.29 is 8.42 Å². The topological polar surface area (TPSA) is 64.8 Å². The number of hydrogen-bond acceptors (Lipinski definition) is 4. The van der Waals surface area contributed by atoms with Crippen molar-refractivity contribution in [3.05, 3.63) is 34.2 Å². The molecule has 0 aliphatic heterocycles. The Morgan fingerprint density at radius 1 is 1.29 bits per heavy atom. The highest BCUT2D eigenvalue weighted by Crippen LogP contribution is 2.18. The normalized spacial score (nSPS) is 12.6. The molecule has 0 N–H and O–H groups in total. The Hall–Kier alpha value is -0.960. The zero-order valence-electron chi connectivity index (χ0n) is 12.2. The van der Waals surface area contributed by atoms with E-state index in [9.17, 15) is 8.42 Å². The van der Waals surface area contributed by atoms with Gasteiger partial charge in [-0.1, -0.05) is 12.1 Å². The van der Waals surface area contributed by atoms with Gasteiger partial charge in [-0.2, -0.15) is 5.10 Å². The average molecular weight is 419 g/mol. The van der Waals surface area contributed by atoms with Crippen molar-refractivity contribution in [1.29, 1.82) is 0 Å². The van der Waals surface area contributed by atoms with Crippen LogP contribution in [0.4, 0.5) is 0 Å². The number of nitrogens with zero attached hydrogens (tertiary/aromatic N) is 3. The quantitative estimate of drug-likeness (QED) is 0.715. The highest BCUT2D eigenvalue weighted by Gasteiger charge is 2.28. The van der Waals surface area contributed by atoms with Crippen LogP contribution in [0.3, 0.4) is 0 Å². The van der Waals surface area contributed by atoms with Gasteiger partial charge in [0.2, 0.25) is 0 Å². The third-order valence-corrected chi connectivity index (χ3v) is 6.40. The maximum Gasteiger partial charge on any atom is 0.181 e. The van der Waals surface area contributed by atoms with Crippen LogP contribution in [-0.4, -0.2) is 33.7 Å². The van der Waals surface area contributed by atoms with Crippen LogP contribution in [-0.2, 0) is 16.4 Å². The molecule has 1 heterocycles. The molecule has 5 nitrogen and oxygen atoms in total. The second-order valence-electron chi connectivity index (χ2n) is 5.77. The lowest BCUT2D eigenvalue weighted by molar-refractivity contribution is 0.548. The zero-order chi connectivity index (χ0) is 15.7. The van der Waals surface area contributed by atoms with Gasteiger partial charge >= 0.3 is 0 Å². The van der Waals surface area contributed by atoms with Crippen molar-refractivity contribution in [1.82, 2.24) is 14.8 Å². The number of benzene rings is 1. The van der Waals surface area contributed by atoms with Gasteiger partial charge < -0.3 is 0 Å². The Bertz CT molecular complexity index is 733. The molecular formula is C14H18IN3O2S. The second kappa shape index (κ2) is 6.04. The molecule has 114 valence electrons. The molecule has 2 rings (SSSR count). The minimum Gasteiger partial charge on any atom is -0.251 e. The molecule has 0 amide bonds. The lowest BCUT2D eigenvalue weighted by Crippen LogP contribution is -2.32. The summed E-state index contributed by atoms with van der Waals surface area (Å²) in [6.07, 6.45) is 1.58. The van der Waals surface area contributed by atoms with Gasteiger partial charge in [-0.15, -0.1) is 0 Å². The summed E-state index contributed by atoms with van der Waals surface area (Å²) >= 11 is 2.23. The molecule has 0 unspecified atom stereocenters. The van der Waals surface area contributed by atoms with Gasteiger partial charge in [0.05, 0.1) is 17.0 Å². The monoisotopic (exact) mass is 419 g/mol. The first-order chi connectivity index (χ1) is 9.69. The average Bonchev–Trinajstić information content (AvgIpc) is 2.84. The fourth-order valence-electron chi connectivity index (χ4n) is 1.68. The molecule has 0 radical (unpaired) electrons. The Kier molecular flexibility index (Phi) is 4.72. The highest BCUT2D eigenvalue weighted by atomic mass is 127. The van der Waals surface area contributed by atoms with Gasteiger partial charge in [0, 0.05) is 9.13 Å². The number of aromatic nitrogens is 3. The molecular weight excluding hydrogens is 401 g/mol. The zero-order valence-corrected chi connectivity index (χ0v) is 15.2. The van der Waals surface area contributed by atoms with Crippen LogP contribution in [0.25, 0.3) is 11.4 Å². The number of aryl methyl sites for hydroxylation is 1. The first kappa shape index (κ1) is 16.4. The van der Waals surface area contributed by atoms with E-state index in [4.69, 9.17) is 0 Å². The van der Waals surface area contributed by atoms with Crippen molar-refractivity contribution >= 4 is 32.4 Å². The molecule has 0 aliphatic carbocycles. The second-order valence-corrected chi connectivity index (χ2v) is 9.88. The van der Waals surface area contributed by atoms with Gasteiger partial charge in [-0.3, -0.25) is 4.68 Å². The number of halogens is 1. The van der Waals surface area contributed by atoms with Gasteiger partial charge in [0.15, 0.2) is 15.7 Å². The van der Waals surface area contributed by atoms with Crippen LogP contribution in [0, 0.1) is 3.57 Å².